The lowest BCUT2D eigenvalue weighted by Gasteiger charge is -2.11. The second-order valence-electron chi connectivity index (χ2n) is 4.13. The molecule has 1 aromatic rings. The molecule has 0 saturated carbocycles. The Morgan fingerprint density at radius 2 is 2.05 bits per heavy atom. The zero-order valence-electron chi connectivity index (χ0n) is 10.7. The Kier molecular flexibility index (Phi) is 4.93. The zero-order chi connectivity index (χ0) is 13.7. The number of benzene rings is 1. The fourth-order valence-corrected chi connectivity index (χ4v) is 3.00. The van der Waals surface area contributed by atoms with Crippen molar-refractivity contribution in [2.75, 3.05) is 6.54 Å². The molecule has 0 bridgehead atoms. The minimum atomic E-state index is 0.0227. The summed E-state index contributed by atoms with van der Waals surface area (Å²) in [6, 6.07) is 9.99. The van der Waals surface area contributed by atoms with Crippen LogP contribution < -0.4 is 0 Å². The molecular weight excluding hydrogens is 274 g/mol. The molecule has 1 aliphatic heterocycles. The first-order valence-corrected chi connectivity index (χ1v) is 7.42. The Hall–Kier alpha value is -1.39. The Morgan fingerprint density at radius 3 is 2.74 bits per heavy atom. The predicted molar refractivity (Wildman–Crippen MR) is 85.8 cm³/mol. The average Bonchev–Trinajstić information content (AvgIpc) is 2.68. The van der Waals surface area contributed by atoms with E-state index in [-0.39, 0.29) is 5.91 Å². The highest BCUT2D eigenvalue weighted by atomic mass is 32.2. The second kappa shape index (κ2) is 6.68. The number of hydrogen-bond acceptors (Lipinski definition) is 3. The standard InChI is InChI=1S/C15H15NOS2/c1-2-11-16-14(17)13(19-15(16)18)10-6-9-12-7-4-3-5-8-12/h3-10H,2,11H2,1H3/b9-6+,13-10-. The molecule has 0 spiro atoms. The summed E-state index contributed by atoms with van der Waals surface area (Å²) in [5, 5.41) is 0. The molecular formula is C15H15NOS2. The van der Waals surface area contributed by atoms with Gasteiger partial charge in [-0.3, -0.25) is 9.69 Å². The average molecular weight is 289 g/mol. The van der Waals surface area contributed by atoms with Crippen molar-refractivity contribution >= 4 is 40.3 Å². The van der Waals surface area contributed by atoms with Crippen LogP contribution in [-0.2, 0) is 4.79 Å². The molecule has 1 aromatic carbocycles. The molecule has 0 radical (unpaired) electrons. The van der Waals surface area contributed by atoms with Gasteiger partial charge in [-0.2, -0.15) is 0 Å². The zero-order valence-corrected chi connectivity index (χ0v) is 12.3. The van der Waals surface area contributed by atoms with Gasteiger partial charge in [-0.25, -0.2) is 0 Å². The van der Waals surface area contributed by atoms with Crippen molar-refractivity contribution in [3.63, 3.8) is 0 Å². The van der Waals surface area contributed by atoms with Crippen LogP contribution in [0.3, 0.4) is 0 Å². The minimum Gasteiger partial charge on any atom is -0.293 e. The van der Waals surface area contributed by atoms with Crippen molar-refractivity contribution in [3.8, 4) is 0 Å². The molecule has 0 N–H and O–H groups in total. The third kappa shape index (κ3) is 3.55. The van der Waals surface area contributed by atoms with E-state index in [0.717, 1.165) is 12.0 Å². The van der Waals surface area contributed by atoms with Crippen LogP contribution in [0.1, 0.15) is 18.9 Å². The second-order valence-corrected chi connectivity index (χ2v) is 5.80. The van der Waals surface area contributed by atoms with Gasteiger partial charge in [0.2, 0.25) is 0 Å². The summed E-state index contributed by atoms with van der Waals surface area (Å²) in [4.78, 5) is 14.4. The number of carbonyl (C=O) groups excluding carboxylic acids is 1. The SMILES string of the molecule is CCCN1C(=O)/C(=C/C=C/c2ccccc2)SC1=S. The summed E-state index contributed by atoms with van der Waals surface area (Å²) < 4.78 is 0.659. The van der Waals surface area contributed by atoms with E-state index in [1.165, 1.54) is 11.8 Å². The quantitative estimate of drug-likeness (QED) is 0.620. The van der Waals surface area contributed by atoms with E-state index < -0.39 is 0 Å². The molecule has 98 valence electrons. The summed E-state index contributed by atoms with van der Waals surface area (Å²) in [7, 11) is 0. The largest absolute Gasteiger partial charge is 0.293 e. The van der Waals surface area contributed by atoms with Crippen molar-refractivity contribution in [3.05, 3.63) is 53.0 Å². The third-order valence-corrected chi connectivity index (χ3v) is 4.05. The lowest BCUT2D eigenvalue weighted by molar-refractivity contribution is -0.122. The molecule has 0 aromatic heterocycles. The van der Waals surface area contributed by atoms with Crippen molar-refractivity contribution in [2.24, 2.45) is 0 Å². The molecule has 1 saturated heterocycles. The summed E-state index contributed by atoms with van der Waals surface area (Å²) in [6.45, 7) is 2.74. The number of rotatable bonds is 4. The molecule has 0 aliphatic carbocycles. The predicted octanol–water partition coefficient (Wildman–Crippen LogP) is 3.85. The van der Waals surface area contributed by atoms with Gasteiger partial charge in [-0.15, -0.1) is 0 Å². The molecule has 19 heavy (non-hydrogen) atoms. The van der Waals surface area contributed by atoms with Crippen molar-refractivity contribution in [1.29, 1.82) is 0 Å². The van der Waals surface area contributed by atoms with Gasteiger partial charge in [0.25, 0.3) is 5.91 Å². The van der Waals surface area contributed by atoms with Crippen molar-refractivity contribution in [1.82, 2.24) is 4.90 Å². The molecule has 0 atom stereocenters. The Balaban J connectivity index is 2.07. The summed E-state index contributed by atoms with van der Waals surface area (Å²) in [5.74, 6) is 0.0227. The van der Waals surface area contributed by atoms with Crippen molar-refractivity contribution < 1.29 is 4.79 Å². The summed E-state index contributed by atoms with van der Waals surface area (Å²) >= 11 is 6.58. The van der Waals surface area contributed by atoms with Gasteiger partial charge in [0.1, 0.15) is 4.32 Å². The van der Waals surface area contributed by atoms with Crippen LogP contribution in [-0.4, -0.2) is 21.7 Å². The number of thiocarbonyl (C=S) groups is 1. The van der Waals surface area contributed by atoms with Gasteiger partial charge in [0.15, 0.2) is 0 Å². The summed E-state index contributed by atoms with van der Waals surface area (Å²) in [5.41, 5.74) is 1.11. The first-order chi connectivity index (χ1) is 9.22. The molecule has 2 nitrogen and oxygen atoms in total. The van der Waals surface area contributed by atoms with Crippen molar-refractivity contribution in [2.45, 2.75) is 13.3 Å². The number of amides is 1. The summed E-state index contributed by atoms with van der Waals surface area (Å²) in [6.07, 6.45) is 6.63. The first kappa shape index (κ1) is 14.0. The maximum atomic E-state index is 12.1. The molecule has 2 rings (SSSR count). The van der Waals surface area contributed by atoms with E-state index >= 15 is 0 Å². The highest BCUT2D eigenvalue weighted by Crippen LogP contribution is 2.30. The van der Waals surface area contributed by atoms with Crippen LogP contribution in [0, 0.1) is 0 Å². The number of hydrogen-bond donors (Lipinski definition) is 0. The fraction of sp³-hybridized carbons (Fsp3) is 0.200. The van der Waals surface area contributed by atoms with E-state index in [1.807, 2.05) is 55.5 Å². The number of allylic oxidation sites excluding steroid dienone is 2. The van der Waals surface area contributed by atoms with E-state index in [9.17, 15) is 4.79 Å². The van der Waals surface area contributed by atoms with Crippen LogP contribution in [0.5, 0.6) is 0 Å². The topological polar surface area (TPSA) is 20.3 Å². The normalized spacial score (nSPS) is 17.9. The van der Waals surface area contributed by atoms with E-state index in [0.29, 0.717) is 15.8 Å². The Bertz CT molecular complexity index is 534. The van der Waals surface area contributed by atoms with Crippen LogP contribution in [0.4, 0.5) is 0 Å². The van der Waals surface area contributed by atoms with E-state index in [4.69, 9.17) is 12.2 Å². The molecule has 1 heterocycles. The Labute approximate surface area is 123 Å². The van der Waals surface area contributed by atoms with Crippen LogP contribution >= 0.6 is 24.0 Å². The lowest BCUT2D eigenvalue weighted by atomic mass is 10.2. The van der Waals surface area contributed by atoms with Gasteiger partial charge in [0, 0.05) is 6.54 Å². The third-order valence-electron chi connectivity index (χ3n) is 2.66. The first-order valence-electron chi connectivity index (χ1n) is 6.19. The number of carbonyl (C=O) groups is 1. The lowest BCUT2D eigenvalue weighted by Crippen LogP contribution is -2.28. The maximum Gasteiger partial charge on any atom is 0.266 e. The fourth-order valence-electron chi connectivity index (χ4n) is 1.74. The molecule has 0 unspecified atom stereocenters. The molecule has 1 fully saturated rings. The number of thioether (sulfide) groups is 1. The van der Waals surface area contributed by atoms with Gasteiger partial charge >= 0.3 is 0 Å². The van der Waals surface area contributed by atoms with E-state index in [1.54, 1.807) is 4.90 Å². The molecule has 1 amide bonds. The number of nitrogens with zero attached hydrogens (tertiary/aromatic N) is 1. The van der Waals surface area contributed by atoms with Crippen LogP contribution in [0.25, 0.3) is 6.08 Å². The van der Waals surface area contributed by atoms with Gasteiger partial charge in [-0.05, 0) is 18.1 Å². The highest BCUT2D eigenvalue weighted by Gasteiger charge is 2.30. The van der Waals surface area contributed by atoms with E-state index in [2.05, 4.69) is 0 Å². The monoisotopic (exact) mass is 289 g/mol. The molecule has 1 aliphatic rings. The van der Waals surface area contributed by atoms with Gasteiger partial charge < -0.3 is 0 Å². The van der Waals surface area contributed by atoms with Crippen LogP contribution in [0.15, 0.2) is 47.4 Å². The highest BCUT2D eigenvalue weighted by molar-refractivity contribution is 8.26. The van der Waals surface area contributed by atoms with Gasteiger partial charge in [0.05, 0.1) is 4.91 Å². The smallest absolute Gasteiger partial charge is 0.266 e. The van der Waals surface area contributed by atoms with Crippen LogP contribution in [0.2, 0.25) is 0 Å². The minimum absolute atomic E-state index is 0.0227. The van der Waals surface area contributed by atoms with Gasteiger partial charge in [-0.1, -0.05) is 73.4 Å². The Morgan fingerprint density at radius 1 is 1.32 bits per heavy atom. The molecule has 4 heteroatoms. The maximum absolute atomic E-state index is 12.1.